The van der Waals surface area contributed by atoms with Crippen molar-refractivity contribution in [2.75, 3.05) is 35.6 Å². The summed E-state index contributed by atoms with van der Waals surface area (Å²) in [5, 5.41) is 3.19. The van der Waals surface area contributed by atoms with Gasteiger partial charge in [0.15, 0.2) is 0 Å². The molecule has 0 unspecified atom stereocenters. The smallest absolute Gasteiger partial charge is 0.266 e. The van der Waals surface area contributed by atoms with E-state index in [1.54, 1.807) is 11.0 Å². The lowest BCUT2D eigenvalue weighted by Gasteiger charge is -2.18. The summed E-state index contributed by atoms with van der Waals surface area (Å²) in [6.45, 7) is 0.850. The maximum atomic E-state index is 13.2. The molecule has 1 aliphatic heterocycles. The second-order valence-electron chi connectivity index (χ2n) is 5.32. The van der Waals surface area contributed by atoms with E-state index in [0.717, 1.165) is 6.54 Å². The molecule has 1 saturated carbocycles. The molecule has 19 heavy (non-hydrogen) atoms. The second-order valence-corrected chi connectivity index (χ2v) is 5.32. The zero-order valence-corrected chi connectivity index (χ0v) is 10.6. The first-order valence-corrected chi connectivity index (χ1v) is 6.53. The van der Waals surface area contributed by atoms with Crippen molar-refractivity contribution in [2.24, 2.45) is 5.92 Å². The third-order valence-corrected chi connectivity index (χ3v) is 3.49. The van der Waals surface area contributed by atoms with E-state index in [0.29, 0.717) is 24.1 Å². The number of aromatic nitrogens is 2. The van der Waals surface area contributed by atoms with Crippen LogP contribution in [-0.4, -0.2) is 35.5 Å². The van der Waals surface area contributed by atoms with Crippen LogP contribution in [0.4, 0.5) is 26.4 Å². The number of nitrogens with two attached hydrogens (primary N) is 1. The Morgan fingerprint density at radius 2 is 2.21 bits per heavy atom. The van der Waals surface area contributed by atoms with Gasteiger partial charge >= 0.3 is 0 Å². The molecular weight excluding hydrogens is 252 g/mol. The summed E-state index contributed by atoms with van der Waals surface area (Å²) in [7, 11) is 0. The maximum Gasteiger partial charge on any atom is 0.266 e. The Balaban J connectivity index is 1.73. The van der Waals surface area contributed by atoms with Crippen molar-refractivity contribution in [3.05, 3.63) is 6.07 Å². The topological polar surface area (TPSA) is 67.1 Å². The van der Waals surface area contributed by atoms with Gasteiger partial charge in [-0.3, -0.25) is 0 Å². The molecule has 1 aromatic rings. The Kier molecular flexibility index (Phi) is 2.91. The molecule has 1 aromatic heterocycles. The molecule has 2 aliphatic rings. The van der Waals surface area contributed by atoms with Crippen LogP contribution in [0.3, 0.4) is 0 Å². The van der Waals surface area contributed by atoms with Crippen LogP contribution in [-0.2, 0) is 0 Å². The van der Waals surface area contributed by atoms with E-state index in [2.05, 4.69) is 15.3 Å². The van der Waals surface area contributed by atoms with Gasteiger partial charge in [0, 0.05) is 25.6 Å². The highest BCUT2D eigenvalue weighted by Crippen LogP contribution is 2.32. The monoisotopic (exact) mass is 269 g/mol. The van der Waals surface area contributed by atoms with Crippen LogP contribution < -0.4 is 16.0 Å². The molecule has 2 heterocycles. The van der Waals surface area contributed by atoms with Gasteiger partial charge in [-0.25, -0.2) is 8.78 Å². The first kappa shape index (κ1) is 12.4. The van der Waals surface area contributed by atoms with Gasteiger partial charge in [-0.1, -0.05) is 0 Å². The Labute approximate surface area is 110 Å². The summed E-state index contributed by atoms with van der Waals surface area (Å²) < 4.78 is 26.4. The molecule has 0 spiro atoms. The number of nitrogens with one attached hydrogen (secondary N) is 1. The molecule has 5 nitrogen and oxygen atoms in total. The first-order valence-electron chi connectivity index (χ1n) is 6.53. The largest absolute Gasteiger partial charge is 0.370 e. The molecule has 0 radical (unpaired) electrons. The lowest BCUT2D eigenvalue weighted by Crippen LogP contribution is -2.26. The van der Waals surface area contributed by atoms with Gasteiger partial charge in [0.05, 0.1) is 6.54 Å². The fourth-order valence-corrected chi connectivity index (χ4v) is 2.21. The third kappa shape index (κ3) is 3.02. The minimum atomic E-state index is -2.64. The standard InChI is InChI=1S/C12H17F2N5/c13-12(14)3-4-19(7-12)10-5-9(17-11(15)18-10)16-6-8-1-2-8/h5,8H,1-4,6-7H2,(H3,15,16,17,18). The fourth-order valence-electron chi connectivity index (χ4n) is 2.21. The Morgan fingerprint density at radius 3 is 2.84 bits per heavy atom. The number of anilines is 3. The van der Waals surface area contributed by atoms with Gasteiger partial charge in [0.1, 0.15) is 11.6 Å². The molecule has 3 N–H and O–H groups in total. The molecule has 1 saturated heterocycles. The Bertz CT molecular complexity index is 475. The van der Waals surface area contributed by atoms with Crippen LogP contribution in [0.25, 0.3) is 0 Å². The van der Waals surface area contributed by atoms with E-state index in [4.69, 9.17) is 5.73 Å². The average molecular weight is 269 g/mol. The molecule has 0 aromatic carbocycles. The SMILES string of the molecule is Nc1nc(NCC2CC2)cc(N2CCC(F)(F)C2)n1. The van der Waals surface area contributed by atoms with Crippen molar-refractivity contribution in [3.8, 4) is 0 Å². The van der Waals surface area contributed by atoms with E-state index < -0.39 is 5.92 Å². The number of rotatable bonds is 4. The van der Waals surface area contributed by atoms with Crippen molar-refractivity contribution >= 4 is 17.6 Å². The molecule has 2 fully saturated rings. The van der Waals surface area contributed by atoms with Crippen LogP contribution in [0.1, 0.15) is 19.3 Å². The van der Waals surface area contributed by atoms with E-state index in [1.165, 1.54) is 12.8 Å². The summed E-state index contributed by atoms with van der Waals surface area (Å²) >= 11 is 0. The predicted octanol–water partition coefficient (Wildman–Crippen LogP) is 1.73. The highest BCUT2D eigenvalue weighted by Gasteiger charge is 2.39. The van der Waals surface area contributed by atoms with E-state index in [1.807, 2.05) is 0 Å². The summed E-state index contributed by atoms with van der Waals surface area (Å²) in [5.41, 5.74) is 5.64. The van der Waals surface area contributed by atoms with Crippen LogP contribution in [0.5, 0.6) is 0 Å². The van der Waals surface area contributed by atoms with Crippen molar-refractivity contribution in [3.63, 3.8) is 0 Å². The lowest BCUT2D eigenvalue weighted by atomic mass is 10.3. The normalized spacial score (nSPS) is 21.7. The summed E-state index contributed by atoms with van der Waals surface area (Å²) in [5.74, 6) is -0.726. The van der Waals surface area contributed by atoms with E-state index >= 15 is 0 Å². The van der Waals surface area contributed by atoms with Crippen molar-refractivity contribution in [2.45, 2.75) is 25.2 Å². The zero-order chi connectivity index (χ0) is 13.5. The van der Waals surface area contributed by atoms with Crippen LogP contribution in [0.15, 0.2) is 6.07 Å². The van der Waals surface area contributed by atoms with Crippen LogP contribution in [0, 0.1) is 5.92 Å². The van der Waals surface area contributed by atoms with Gasteiger partial charge in [0.25, 0.3) is 5.92 Å². The van der Waals surface area contributed by atoms with E-state index in [9.17, 15) is 8.78 Å². The fraction of sp³-hybridized carbons (Fsp3) is 0.667. The van der Waals surface area contributed by atoms with Gasteiger partial charge in [-0.2, -0.15) is 9.97 Å². The Morgan fingerprint density at radius 1 is 1.42 bits per heavy atom. The van der Waals surface area contributed by atoms with Gasteiger partial charge in [0.2, 0.25) is 5.95 Å². The minimum absolute atomic E-state index is 0.117. The molecule has 104 valence electrons. The minimum Gasteiger partial charge on any atom is -0.370 e. The average Bonchev–Trinajstić information content (AvgIpc) is 3.09. The molecular formula is C12H17F2N5. The number of nitrogen functional groups attached to an aromatic ring is 1. The zero-order valence-electron chi connectivity index (χ0n) is 10.6. The maximum absolute atomic E-state index is 13.2. The summed E-state index contributed by atoms with van der Waals surface area (Å²) in [6, 6.07) is 1.69. The van der Waals surface area contributed by atoms with Gasteiger partial charge < -0.3 is 16.0 Å². The molecule has 7 heteroatoms. The molecule has 0 bridgehead atoms. The number of halogens is 2. The number of hydrogen-bond donors (Lipinski definition) is 2. The molecule has 0 atom stereocenters. The Hall–Kier alpha value is -1.66. The molecule has 0 amide bonds. The second kappa shape index (κ2) is 4.47. The number of nitrogens with zero attached hydrogens (tertiary/aromatic N) is 3. The molecule has 1 aliphatic carbocycles. The van der Waals surface area contributed by atoms with Crippen LogP contribution in [0.2, 0.25) is 0 Å². The van der Waals surface area contributed by atoms with Crippen molar-refractivity contribution in [1.82, 2.24) is 9.97 Å². The van der Waals surface area contributed by atoms with Gasteiger partial charge in [-0.15, -0.1) is 0 Å². The van der Waals surface area contributed by atoms with E-state index in [-0.39, 0.29) is 18.9 Å². The first-order chi connectivity index (χ1) is 9.02. The van der Waals surface area contributed by atoms with Crippen molar-refractivity contribution < 1.29 is 8.78 Å². The number of hydrogen-bond acceptors (Lipinski definition) is 5. The quantitative estimate of drug-likeness (QED) is 0.871. The number of alkyl halides is 2. The summed E-state index contributed by atoms with van der Waals surface area (Å²) in [4.78, 5) is 9.68. The third-order valence-electron chi connectivity index (χ3n) is 3.49. The predicted molar refractivity (Wildman–Crippen MR) is 69.4 cm³/mol. The van der Waals surface area contributed by atoms with Crippen molar-refractivity contribution in [1.29, 1.82) is 0 Å². The lowest BCUT2D eigenvalue weighted by molar-refractivity contribution is 0.0256. The highest BCUT2D eigenvalue weighted by molar-refractivity contribution is 5.53. The van der Waals surface area contributed by atoms with Gasteiger partial charge in [-0.05, 0) is 18.8 Å². The summed E-state index contributed by atoms with van der Waals surface area (Å²) in [6.07, 6.45) is 2.33. The van der Waals surface area contributed by atoms with Crippen LogP contribution >= 0.6 is 0 Å². The highest BCUT2D eigenvalue weighted by atomic mass is 19.3. The molecule has 3 rings (SSSR count).